The maximum Gasteiger partial charge on any atom is 0.416 e. The Hall–Kier alpha value is -3.39. The Labute approximate surface area is 227 Å². The lowest BCUT2D eigenvalue weighted by atomic mass is 9.88. The van der Waals surface area contributed by atoms with Gasteiger partial charge in [0.2, 0.25) is 0 Å². The van der Waals surface area contributed by atoms with Gasteiger partial charge in [-0.15, -0.1) is 0 Å². The molecule has 0 radical (unpaired) electrons. The molecular weight excluding hydrogens is 508 g/mol. The van der Waals surface area contributed by atoms with Gasteiger partial charge in [-0.1, -0.05) is 44.2 Å². The SMILES string of the molecule is COc1cccc([C@H]2CN(Cc3ccccc3C(F)(F)F)C[C@@H]2CN(CC(C)C)C(=O)c2ccc(F)cc2)c1. The van der Waals surface area contributed by atoms with Crippen molar-refractivity contribution in [2.24, 2.45) is 11.8 Å². The zero-order chi connectivity index (χ0) is 28.2. The largest absolute Gasteiger partial charge is 0.497 e. The number of nitrogens with zero attached hydrogens (tertiary/aromatic N) is 2. The van der Waals surface area contributed by atoms with Crippen molar-refractivity contribution < 1.29 is 27.1 Å². The fourth-order valence-corrected chi connectivity index (χ4v) is 5.44. The first-order chi connectivity index (χ1) is 18.5. The molecule has 4 nitrogen and oxygen atoms in total. The van der Waals surface area contributed by atoms with Gasteiger partial charge >= 0.3 is 6.18 Å². The van der Waals surface area contributed by atoms with E-state index in [0.717, 1.165) is 11.6 Å². The summed E-state index contributed by atoms with van der Waals surface area (Å²) in [6.45, 7) is 6.22. The molecule has 3 aromatic rings. The first-order valence-electron chi connectivity index (χ1n) is 13.1. The van der Waals surface area contributed by atoms with Crippen LogP contribution in [0, 0.1) is 17.7 Å². The summed E-state index contributed by atoms with van der Waals surface area (Å²) in [7, 11) is 1.59. The van der Waals surface area contributed by atoms with Gasteiger partial charge in [-0.25, -0.2) is 4.39 Å². The van der Waals surface area contributed by atoms with Crippen LogP contribution in [0.15, 0.2) is 72.8 Å². The van der Waals surface area contributed by atoms with Crippen LogP contribution in [0.5, 0.6) is 5.75 Å². The van der Waals surface area contributed by atoms with Crippen molar-refractivity contribution in [3.63, 3.8) is 0 Å². The van der Waals surface area contributed by atoms with E-state index in [2.05, 4.69) is 0 Å². The van der Waals surface area contributed by atoms with E-state index in [1.54, 1.807) is 18.1 Å². The average Bonchev–Trinajstić information content (AvgIpc) is 3.29. The van der Waals surface area contributed by atoms with E-state index in [4.69, 9.17) is 4.74 Å². The van der Waals surface area contributed by atoms with Gasteiger partial charge in [0.05, 0.1) is 12.7 Å². The summed E-state index contributed by atoms with van der Waals surface area (Å²) in [6, 6.07) is 18.9. The molecule has 0 unspecified atom stereocenters. The molecule has 0 aromatic heterocycles. The number of likely N-dealkylation sites (tertiary alicyclic amines) is 1. The second kappa shape index (κ2) is 12.2. The number of rotatable bonds is 9. The van der Waals surface area contributed by atoms with E-state index in [1.807, 2.05) is 43.0 Å². The van der Waals surface area contributed by atoms with Crippen molar-refractivity contribution in [1.29, 1.82) is 0 Å². The number of halogens is 4. The molecule has 1 aliphatic heterocycles. The van der Waals surface area contributed by atoms with Crippen LogP contribution >= 0.6 is 0 Å². The predicted molar refractivity (Wildman–Crippen MR) is 143 cm³/mol. The van der Waals surface area contributed by atoms with E-state index in [0.29, 0.717) is 37.5 Å². The van der Waals surface area contributed by atoms with Crippen LogP contribution in [0.4, 0.5) is 17.6 Å². The zero-order valence-electron chi connectivity index (χ0n) is 22.4. The van der Waals surface area contributed by atoms with E-state index < -0.39 is 17.6 Å². The first-order valence-corrected chi connectivity index (χ1v) is 13.1. The van der Waals surface area contributed by atoms with E-state index in [9.17, 15) is 22.4 Å². The molecule has 0 N–H and O–H groups in total. The Morgan fingerprint density at radius 2 is 1.74 bits per heavy atom. The highest BCUT2D eigenvalue weighted by Crippen LogP contribution is 2.38. The maximum absolute atomic E-state index is 13.7. The summed E-state index contributed by atoms with van der Waals surface area (Å²) < 4.78 is 60.0. The number of amides is 1. The fourth-order valence-electron chi connectivity index (χ4n) is 5.44. The third kappa shape index (κ3) is 7.18. The Kier molecular flexibility index (Phi) is 8.95. The summed E-state index contributed by atoms with van der Waals surface area (Å²) in [5.74, 6) is 0.251. The van der Waals surface area contributed by atoms with Gasteiger partial charge in [0.15, 0.2) is 0 Å². The molecule has 1 amide bonds. The second-order valence-corrected chi connectivity index (χ2v) is 10.6. The number of ether oxygens (including phenoxy) is 1. The molecule has 1 aliphatic rings. The third-order valence-corrected chi connectivity index (χ3v) is 7.17. The van der Waals surface area contributed by atoms with E-state index >= 15 is 0 Å². The summed E-state index contributed by atoms with van der Waals surface area (Å²) in [6.07, 6.45) is -4.43. The van der Waals surface area contributed by atoms with Crippen LogP contribution in [0.1, 0.15) is 46.8 Å². The van der Waals surface area contributed by atoms with Gasteiger partial charge in [-0.05, 0) is 65.4 Å². The van der Waals surface area contributed by atoms with Gasteiger partial charge in [0, 0.05) is 44.2 Å². The molecule has 1 saturated heterocycles. The molecule has 0 spiro atoms. The third-order valence-electron chi connectivity index (χ3n) is 7.17. The number of hydrogen-bond acceptors (Lipinski definition) is 3. The van der Waals surface area contributed by atoms with Crippen LogP contribution in [-0.2, 0) is 12.7 Å². The van der Waals surface area contributed by atoms with Crippen molar-refractivity contribution in [2.45, 2.75) is 32.5 Å². The maximum atomic E-state index is 13.7. The molecule has 2 atom stereocenters. The first kappa shape index (κ1) is 28.6. The van der Waals surface area contributed by atoms with Gasteiger partial charge < -0.3 is 9.64 Å². The normalized spacial score (nSPS) is 17.9. The second-order valence-electron chi connectivity index (χ2n) is 10.6. The highest BCUT2D eigenvalue weighted by molar-refractivity contribution is 5.94. The lowest BCUT2D eigenvalue weighted by Crippen LogP contribution is -2.39. The van der Waals surface area contributed by atoms with Crippen molar-refractivity contribution in [3.8, 4) is 5.75 Å². The average molecular weight is 543 g/mol. The summed E-state index contributed by atoms with van der Waals surface area (Å²) in [5.41, 5.74) is 1.03. The number of hydrogen-bond donors (Lipinski definition) is 0. The van der Waals surface area contributed by atoms with Gasteiger partial charge in [-0.2, -0.15) is 13.2 Å². The standard InChI is InChI=1S/C31H34F4N2O2/c1-21(2)16-37(30(38)22-11-13-26(32)14-12-22)19-25-18-36(17-24-7-4-5-10-29(24)31(33,34)35)20-28(25)23-8-6-9-27(15-23)39-3/h4-15,21,25,28H,16-20H2,1-3H3/t25-,28-/m1/s1. The highest BCUT2D eigenvalue weighted by atomic mass is 19.4. The molecule has 39 heavy (non-hydrogen) atoms. The van der Waals surface area contributed by atoms with Crippen LogP contribution in [0.3, 0.4) is 0 Å². The van der Waals surface area contributed by atoms with Gasteiger partial charge in [-0.3, -0.25) is 9.69 Å². The minimum Gasteiger partial charge on any atom is -0.497 e. The summed E-state index contributed by atoms with van der Waals surface area (Å²) in [5, 5.41) is 0. The molecule has 0 saturated carbocycles. The van der Waals surface area contributed by atoms with Gasteiger partial charge in [0.25, 0.3) is 5.91 Å². The fraction of sp³-hybridized carbons (Fsp3) is 0.387. The lowest BCUT2D eigenvalue weighted by molar-refractivity contribution is -0.138. The van der Waals surface area contributed by atoms with Crippen molar-refractivity contribution in [2.75, 3.05) is 33.3 Å². The summed E-state index contributed by atoms with van der Waals surface area (Å²) in [4.78, 5) is 17.3. The highest BCUT2D eigenvalue weighted by Gasteiger charge is 2.38. The van der Waals surface area contributed by atoms with Crippen LogP contribution in [0.25, 0.3) is 0 Å². The Morgan fingerprint density at radius 3 is 2.41 bits per heavy atom. The number of benzene rings is 3. The molecule has 3 aromatic carbocycles. The quantitative estimate of drug-likeness (QED) is 0.277. The van der Waals surface area contributed by atoms with Crippen LogP contribution in [-0.4, -0.2) is 49.0 Å². The monoisotopic (exact) mass is 542 g/mol. The predicted octanol–water partition coefficient (Wildman–Crippen LogP) is 6.87. The van der Waals surface area contributed by atoms with Gasteiger partial charge in [0.1, 0.15) is 11.6 Å². The van der Waals surface area contributed by atoms with E-state index in [-0.39, 0.29) is 35.8 Å². The Balaban J connectivity index is 1.63. The number of carbonyl (C=O) groups excluding carboxylic acids is 1. The molecule has 1 heterocycles. The van der Waals surface area contributed by atoms with E-state index in [1.165, 1.54) is 36.4 Å². The number of methoxy groups -OCH3 is 1. The Morgan fingerprint density at radius 1 is 1.03 bits per heavy atom. The molecule has 4 rings (SSSR count). The molecule has 8 heteroatoms. The molecule has 1 fully saturated rings. The van der Waals surface area contributed by atoms with Crippen molar-refractivity contribution in [3.05, 3.63) is 101 Å². The molecule has 0 aliphatic carbocycles. The number of carbonyl (C=O) groups is 1. The minimum absolute atomic E-state index is 0.0196. The molecule has 208 valence electrons. The lowest BCUT2D eigenvalue weighted by Gasteiger charge is -2.30. The smallest absolute Gasteiger partial charge is 0.416 e. The van der Waals surface area contributed by atoms with Crippen molar-refractivity contribution in [1.82, 2.24) is 9.80 Å². The number of alkyl halides is 3. The summed E-state index contributed by atoms with van der Waals surface area (Å²) >= 11 is 0. The molecule has 0 bridgehead atoms. The van der Waals surface area contributed by atoms with Crippen molar-refractivity contribution >= 4 is 5.91 Å². The minimum atomic E-state index is -4.43. The zero-order valence-corrected chi connectivity index (χ0v) is 22.4. The van der Waals surface area contributed by atoms with Crippen LogP contribution < -0.4 is 4.74 Å². The topological polar surface area (TPSA) is 32.8 Å². The molecular formula is C31H34F4N2O2. The van der Waals surface area contributed by atoms with Crippen LogP contribution in [0.2, 0.25) is 0 Å². The Bertz CT molecular complexity index is 1260.